The Balaban J connectivity index is 4.72. The molecule has 0 aromatic carbocycles. The number of esters is 1. The number of rotatable bonds is 13. The van der Waals surface area contributed by atoms with Crippen LogP contribution in [0.3, 0.4) is 0 Å². The first-order valence-electron chi connectivity index (χ1n) is 9.24. The van der Waals surface area contributed by atoms with Crippen molar-refractivity contribution in [3.63, 3.8) is 0 Å². The van der Waals surface area contributed by atoms with E-state index in [2.05, 4.69) is 17.0 Å². The number of carbonyl (C=O) groups is 2. The number of thioether (sulfide) groups is 1. The summed E-state index contributed by atoms with van der Waals surface area (Å²) in [6.07, 6.45) is 7.78. The number of methoxy groups -OCH3 is 2. The maximum Gasteiger partial charge on any atom is 0.407 e. The monoisotopic (exact) mass is 407 g/mol. The van der Waals surface area contributed by atoms with E-state index in [0.29, 0.717) is 17.4 Å². The fourth-order valence-electron chi connectivity index (χ4n) is 2.49. The van der Waals surface area contributed by atoms with Gasteiger partial charge in [0, 0.05) is 5.25 Å². The molecule has 0 aliphatic carbocycles. The Morgan fingerprint density at radius 3 is 2.27 bits per heavy atom. The van der Waals surface area contributed by atoms with Crippen molar-refractivity contribution in [3.8, 4) is 0 Å². The lowest BCUT2D eigenvalue weighted by atomic mass is 10.0. The molecule has 0 bridgehead atoms. The molecule has 6 nitrogen and oxygen atoms in total. The van der Waals surface area contributed by atoms with E-state index in [4.69, 9.17) is 21.7 Å². The van der Waals surface area contributed by atoms with Crippen LogP contribution in [0, 0.1) is 0 Å². The minimum absolute atomic E-state index is 0.0569. The lowest BCUT2D eigenvalue weighted by Gasteiger charge is -2.22. The zero-order chi connectivity index (χ0) is 19.8. The van der Waals surface area contributed by atoms with E-state index in [9.17, 15) is 9.59 Å². The number of amides is 1. The normalized spacial score (nSPS) is 12.8. The Labute approximate surface area is 167 Å². The van der Waals surface area contributed by atoms with Gasteiger partial charge in [-0.2, -0.15) is 0 Å². The van der Waals surface area contributed by atoms with Gasteiger partial charge in [-0.1, -0.05) is 57.2 Å². The number of carbonyl (C=O) groups excluding carboxylic acids is 2. The molecular weight excluding hydrogens is 374 g/mol. The number of nitrogens with one attached hydrogen (secondary N) is 1. The summed E-state index contributed by atoms with van der Waals surface area (Å²) in [5, 5.41) is 2.60. The van der Waals surface area contributed by atoms with Gasteiger partial charge in [-0.3, -0.25) is 0 Å². The first-order chi connectivity index (χ1) is 12.5. The SMILES string of the molecule is CCCCCCCCC(CC(NC(=O)OC)C(=O)OC)SC(=S)OCC. The van der Waals surface area contributed by atoms with Crippen LogP contribution >= 0.6 is 24.0 Å². The Hall–Kier alpha value is -1.02. The van der Waals surface area contributed by atoms with Crippen molar-refractivity contribution in [3.05, 3.63) is 0 Å². The molecule has 152 valence electrons. The zero-order valence-corrected chi connectivity index (χ0v) is 18.0. The molecule has 2 unspecified atom stereocenters. The molecule has 0 fully saturated rings. The summed E-state index contributed by atoms with van der Waals surface area (Å²) in [7, 11) is 2.56. The molecule has 0 aromatic heterocycles. The fourth-order valence-corrected chi connectivity index (χ4v) is 4.04. The van der Waals surface area contributed by atoms with Crippen molar-refractivity contribution >= 4 is 40.4 Å². The third-order valence-electron chi connectivity index (χ3n) is 3.87. The van der Waals surface area contributed by atoms with Crippen LogP contribution in [0.5, 0.6) is 0 Å². The van der Waals surface area contributed by atoms with Gasteiger partial charge in [0.2, 0.25) is 4.38 Å². The van der Waals surface area contributed by atoms with E-state index in [1.54, 1.807) is 0 Å². The Kier molecular flexibility index (Phi) is 15.5. The number of hydrogen-bond donors (Lipinski definition) is 1. The van der Waals surface area contributed by atoms with Gasteiger partial charge in [-0.15, -0.1) is 0 Å². The maximum absolute atomic E-state index is 12.0. The van der Waals surface area contributed by atoms with E-state index >= 15 is 0 Å². The average molecular weight is 408 g/mol. The molecule has 26 heavy (non-hydrogen) atoms. The van der Waals surface area contributed by atoms with Crippen LogP contribution in [0.15, 0.2) is 0 Å². The van der Waals surface area contributed by atoms with Crippen LogP contribution in [0.25, 0.3) is 0 Å². The van der Waals surface area contributed by atoms with Gasteiger partial charge in [0.25, 0.3) is 0 Å². The van der Waals surface area contributed by atoms with E-state index in [-0.39, 0.29) is 5.25 Å². The van der Waals surface area contributed by atoms with Crippen LogP contribution in [0.2, 0.25) is 0 Å². The second kappa shape index (κ2) is 16.2. The molecule has 0 aliphatic rings. The molecule has 1 amide bonds. The molecule has 0 aromatic rings. The van der Waals surface area contributed by atoms with Gasteiger partial charge in [0.15, 0.2) is 0 Å². The van der Waals surface area contributed by atoms with Crippen molar-refractivity contribution < 1.29 is 23.8 Å². The van der Waals surface area contributed by atoms with Crippen molar-refractivity contribution in [1.82, 2.24) is 5.32 Å². The summed E-state index contributed by atoms with van der Waals surface area (Å²) in [5.41, 5.74) is 0. The second-order valence-electron chi connectivity index (χ2n) is 5.93. The van der Waals surface area contributed by atoms with Crippen LogP contribution in [0.1, 0.15) is 65.2 Å². The number of alkyl carbamates (subject to hydrolysis) is 1. The quantitative estimate of drug-likeness (QED) is 0.275. The van der Waals surface area contributed by atoms with E-state index in [1.807, 2.05) is 6.92 Å². The zero-order valence-electron chi connectivity index (χ0n) is 16.4. The molecule has 1 N–H and O–H groups in total. The van der Waals surface area contributed by atoms with E-state index < -0.39 is 18.1 Å². The van der Waals surface area contributed by atoms with Gasteiger partial charge in [-0.25, -0.2) is 9.59 Å². The number of hydrogen-bond acceptors (Lipinski definition) is 7. The summed E-state index contributed by atoms with van der Waals surface area (Å²) >= 11 is 6.67. The Bertz CT molecular complexity index is 420. The molecule has 0 heterocycles. The molecule has 0 aliphatic heterocycles. The van der Waals surface area contributed by atoms with Crippen LogP contribution in [0.4, 0.5) is 4.79 Å². The summed E-state index contributed by atoms with van der Waals surface area (Å²) in [6.45, 7) is 4.59. The standard InChI is InChI=1S/C18H33NO5S2/c1-5-7-8-9-10-11-12-14(26-18(25)24-6-2)13-15(16(20)22-3)19-17(21)23-4/h14-15H,5-13H2,1-4H3,(H,19,21). The van der Waals surface area contributed by atoms with Gasteiger partial charge in [-0.05, 0) is 32.0 Å². The Morgan fingerprint density at radius 1 is 1.04 bits per heavy atom. The molecule has 2 atom stereocenters. The summed E-state index contributed by atoms with van der Waals surface area (Å²) in [6, 6.07) is -0.769. The van der Waals surface area contributed by atoms with Crippen molar-refractivity contribution in [2.75, 3.05) is 20.8 Å². The highest BCUT2D eigenvalue weighted by atomic mass is 32.2. The van der Waals surface area contributed by atoms with E-state index in [1.165, 1.54) is 51.7 Å². The summed E-state index contributed by atoms with van der Waals surface area (Å²) in [5.74, 6) is -0.494. The van der Waals surface area contributed by atoms with Crippen LogP contribution in [-0.2, 0) is 19.0 Å². The minimum Gasteiger partial charge on any atom is -0.479 e. The molecule has 0 saturated carbocycles. The first kappa shape index (κ1) is 25.0. The lowest BCUT2D eigenvalue weighted by Crippen LogP contribution is -2.43. The largest absolute Gasteiger partial charge is 0.479 e. The van der Waals surface area contributed by atoms with Crippen molar-refractivity contribution in [1.29, 1.82) is 0 Å². The van der Waals surface area contributed by atoms with Gasteiger partial charge >= 0.3 is 12.1 Å². The molecular formula is C18H33NO5S2. The summed E-state index contributed by atoms with van der Waals surface area (Å²) in [4.78, 5) is 23.5. The van der Waals surface area contributed by atoms with Gasteiger partial charge < -0.3 is 19.5 Å². The topological polar surface area (TPSA) is 73.9 Å². The van der Waals surface area contributed by atoms with E-state index in [0.717, 1.165) is 19.3 Å². The third kappa shape index (κ3) is 12.4. The highest BCUT2D eigenvalue weighted by Crippen LogP contribution is 2.25. The Morgan fingerprint density at radius 2 is 1.69 bits per heavy atom. The maximum atomic E-state index is 12.0. The molecule has 0 rings (SSSR count). The lowest BCUT2D eigenvalue weighted by molar-refractivity contribution is -0.143. The molecule has 8 heteroatoms. The third-order valence-corrected chi connectivity index (χ3v) is 5.34. The van der Waals surface area contributed by atoms with Gasteiger partial charge in [0.1, 0.15) is 6.04 Å². The number of ether oxygens (including phenoxy) is 3. The van der Waals surface area contributed by atoms with Crippen LogP contribution < -0.4 is 5.32 Å². The minimum atomic E-state index is -0.769. The molecule has 0 radical (unpaired) electrons. The van der Waals surface area contributed by atoms with Crippen LogP contribution in [-0.4, -0.2) is 48.6 Å². The second-order valence-corrected chi connectivity index (χ2v) is 7.83. The molecule has 0 spiro atoms. The summed E-state index contributed by atoms with van der Waals surface area (Å²) < 4.78 is 15.2. The number of unbranched alkanes of at least 4 members (excludes halogenated alkanes) is 5. The molecule has 0 saturated heterocycles. The highest BCUT2D eigenvalue weighted by molar-refractivity contribution is 8.23. The smallest absolute Gasteiger partial charge is 0.407 e. The van der Waals surface area contributed by atoms with Crippen molar-refractivity contribution in [2.24, 2.45) is 0 Å². The average Bonchev–Trinajstić information content (AvgIpc) is 2.63. The first-order valence-corrected chi connectivity index (χ1v) is 10.5. The highest BCUT2D eigenvalue weighted by Gasteiger charge is 2.27. The van der Waals surface area contributed by atoms with Crippen molar-refractivity contribution in [2.45, 2.75) is 76.5 Å². The number of thiocarbonyl (C=S) groups is 1. The van der Waals surface area contributed by atoms with Gasteiger partial charge in [0.05, 0.1) is 20.8 Å². The predicted molar refractivity (Wildman–Crippen MR) is 110 cm³/mol. The predicted octanol–water partition coefficient (Wildman–Crippen LogP) is 4.45. The fraction of sp³-hybridized carbons (Fsp3) is 0.833.